The van der Waals surface area contributed by atoms with Gasteiger partial charge in [0, 0.05) is 30.7 Å². The number of amides is 1. The summed E-state index contributed by atoms with van der Waals surface area (Å²) in [6, 6.07) is 18.9. The Morgan fingerprint density at radius 1 is 0.821 bits per heavy atom. The Kier molecular flexibility index (Phi) is 6.17. The molecule has 3 rings (SSSR count). The molecule has 2 aromatic rings. The van der Waals surface area contributed by atoms with E-state index in [0.717, 1.165) is 11.1 Å². The van der Waals surface area contributed by atoms with Crippen LogP contribution in [0, 0.1) is 0 Å². The van der Waals surface area contributed by atoms with Crippen molar-refractivity contribution in [1.82, 2.24) is 4.90 Å². The van der Waals surface area contributed by atoms with Gasteiger partial charge in [0.25, 0.3) is 0 Å². The number of Topliss-reactive ketones (excluding diaryl/α,β-unsaturated/α-hetero) is 1. The van der Waals surface area contributed by atoms with Crippen LogP contribution in [0.15, 0.2) is 71.8 Å². The molecule has 0 saturated carbocycles. The second-order valence-electron chi connectivity index (χ2n) is 6.63. The van der Waals surface area contributed by atoms with E-state index in [1.165, 1.54) is 0 Å². The molecule has 0 radical (unpaired) electrons. The molecule has 0 atom stereocenters. The lowest BCUT2D eigenvalue weighted by Gasteiger charge is -2.30. The van der Waals surface area contributed by atoms with E-state index in [-0.39, 0.29) is 37.6 Å². The van der Waals surface area contributed by atoms with Gasteiger partial charge in [-0.25, -0.2) is 0 Å². The summed E-state index contributed by atoms with van der Waals surface area (Å²) in [6.07, 6.45) is 3.27. The standard InChI is InChI=1S/C23H21NO4/c25-21(11-12-22(26)27)24-15-19(13-17-7-3-1-4-8-17)23(28)20(16-24)14-18-9-5-2-6-10-18/h1-10,13-14H,11-12,15-16H2,(H,26,27)/b19-13-,20-14+. The molecule has 28 heavy (non-hydrogen) atoms. The molecule has 1 N–H and O–H groups in total. The highest BCUT2D eigenvalue weighted by molar-refractivity contribution is 6.15. The second-order valence-corrected chi connectivity index (χ2v) is 6.63. The minimum Gasteiger partial charge on any atom is -0.481 e. The Hall–Kier alpha value is -3.47. The minimum atomic E-state index is -1.01. The van der Waals surface area contributed by atoms with Crippen molar-refractivity contribution in [2.24, 2.45) is 0 Å². The van der Waals surface area contributed by atoms with Crippen LogP contribution in [0.3, 0.4) is 0 Å². The lowest BCUT2D eigenvalue weighted by molar-refractivity contribution is -0.141. The first-order valence-corrected chi connectivity index (χ1v) is 9.08. The smallest absolute Gasteiger partial charge is 0.303 e. The molecule has 142 valence electrons. The molecule has 0 aromatic heterocycles. The Morgan fingerprint density at radius 3 is 1.71 bits per heavy atom. The summed E-state index contributed by atoms with van der Waals surface area (Å²) < 4.78 is 0. The largest absolute Gasteiger partial charge is 0.481 e. The van der Waals surface area contributed by atoms with E-state index in [1.807, 2.05) is 60.7 Å². The maximum absolute atomic E-state index is 13.0. The zero-order chi connectivity index (χ0) is 19.9. The monoisotopic (exact) mass is 375 g/mol. The quantitative estimate of drug-likeness (QED) is 0.813. The van der Waals surface area contributed by atoms with E-state index in [2.05, 4.69) is 0 Å². The molecule has 0 unspecified atom stereocenters. The van der Waals surface area contributed by atoms with Crippen LogP contribution in [0.2, 0.25) is 0 Å². The molecule has 0 spiro atoms. The van der Waals surface area contributed by atoms with Crippen molar-refractivity contribution in [2.45, 2.75) is 12.8 Å². The van der Waals surface area contributed by atoms with E-state index in [1.54, 1.807) is 17.1 Å². The summed E-state index contributed by atoms with van der Waals surface area (Å²) in [4.78, 5) is 37.9. The van der Waals surface area contributed by atoms with E-state index >= 15 is 0 Å². The van der Waals surface area contributed by atoms with Crippen LogP contribution in [-0.2, 0) is 14.4 Å². The van der Waals surface area contributed by atoms with Gasteiger partial charge in [-0.3, -0.25) is 14.4 Å². The van der Waals surface area contributed by atoms with E-state index in [9.17, 15) is 14.4 Å². The summed E-state index contributed by atoms with van der Waals surface area (Å²) in [5, 5.41) is 8.85. The van der Waals surface area contributed by atoms with E-state index in [0.29, 0.717) is 11.1 Å². The normalized spacial score (nSPS) is 17.1. The number of carbonyl (C=O) groups excluding carboxylic acids is 2. The first-order valence-electron chi connectivity index (χ1n) is 9.08. The van der Waals surface area contributed by atoms with Crippen LogP contribution in [0.25, 0.3) is 12.2 Å². The summed E-state index contributed by atoms with van der Waals surface area (Å²) in [6.45, 7) is 0.358. The molecular weight excluding hydrogens is 354 g/mol. The highest BCUT2D eigenvalue weighted by Gasteiger charge is 2.29. The maximum Gasteiger partial charge on any atom is 0.303 e. The second kappa shape index (κ2) is 8.95. The molecular formula is C23H21NO4. The Morgan fingerprint density at radius 2 is 1.29 bits per heavy atom. The maximum atomic E-state index is 13.0. The molecule has 1 heterocycles. The average Bonchev–Trinajstić information content (AvgIpc) is 2.70. The number of rotatable bonds is 5. The third-order valence-electron chi connectivity index (χ3n) is 4.49. The van der Waals surface area contributed by atoms with Crippen LogP contribution in [0.1, 0.15) is 24.0 Å². The number of carbonyl (C=O) groups is 3. The molecule has 5 heteroatoms. The zero-order valence-electron chi connectivity index (χ0n) is 15.4. The molecule has 1 amide bonds. The van der Waals surface area contributed by atoms with Crippen molar-refractivity contribution in [1.29, 1.82) is 0 Å². The van der Waals surface area contributed by atoms with Crippen LogP contribution in [0.4, 0.5) is 0 Å². The molecule has 1 saturated heterocycles. The van der Waals surface area contributed by atoms with Crippen molar-refractivity contribution in [3.8, 4) is 0 Å². The fourth-order valence-electron chi connectivity index (χ4n) is 3.09. The van der Waals surface area contributed by atoms with Gasteiger partial charge in [0.1, 0.15) is 0 Å². The third-order valence-corrected chi connectivity index (χ3v) is 4.49. The van der Waals surface area contributed by atoms with Gasteiger partial charge in [0.2, 0.25) is 5.91 Å². The van der Waals surface area contributed by atoms with Crippen molar-refractivity contribution in [3.63, 3.8) is 0 Å². The molecule has 1 aliphatic rings. The SMILES string of the molecule is O=C(O)CCC(=O)N1C/C(=C/c2ccccc2)C(=O)/C(=C/c2ccccc2)C1. The number of carboxylic acids is 1. The molecule has 1 aliphatic heterocycles. The van der Waals surface area contributed by atoms with Gasteiger partial charge in [-0.15, -0.1) is 0 Å². The number of nitrogens with zero attached hydrogens (tertiary/aromatic N) is 1. The van der Waals surface area contributed by atoms with Crippen LogP contribution >= 0.6 is 0 Å². The zero-order valence-corrected chi connectivity index (χ0v) is 15.4. The number of piperidine rings is 1. The van der Waals surface area contributed by atoms with Crippen molar-refractivity contribution in [3.05, 3.63) is 82.9 Å². The minimum absolute atomic E-state index is 0.0826. The van der Waals surface area contributed by atoms with Gasteiger partial charge >= 0.3 is 5.97 Å². The summed E-state index contributed by atoms with van der Waals surface area (Å²) in [5.74, 6) is -1.37. The molecule has 0 aliphatic carbocycles. The van der Waals surface area contributed by atoms with E-state index < -0.39 is 5.97 Å². The predicted molar refractivity (Wildman–Crippen MR) is 107 cm³/mol. The first-order chi connectivity index (χ1) is 13.5. The van der Waals surface area contributed by atoms with Gasteiger partial charge in [-0.05, 0) is 23.3 Å². The molecule has 2 aromatic carbocycles. The molecule has 0 bridgehead atoms. The highest BCUT2D eigenvalue weighted by atomic mass is 16.4. The fourth-order valence-corrected chi connectivity index (χ4v) is 3.09. The number of carboxylic acid groups (broad SMARTS) is 1. The number of benzene rings is 2. The number of hydrogen-bond donors (Lipinski definition) is 1. The molecule has 5 nitrogen and oxygen atoms in total. The van der Waals surface area contributed by atoms with Gasteiger partial charge in [0.15, 0.2) is 5.78 Å². The Balaban J connectivity index is 1.92. The van der Waals surface area contributed by atoms with Crippen molar-refractivity contribution in [2.75, 3.05) is 13.1 Å². The predicted octanol–water partition coefficient (Wildman–Crippen LogP) is 3.43. The number of hydrogen-bond acceptors (Lipinski definition) is 3. The number of aliphatic carboxylic acids is 1. The number of ketones is 1. The van der Waals surface area contributed by atoms with Gasteiger partial charge in [0.05, 0.1) is 6.42 Å². The Bertz CT molecular complexity index is 868. The van der Waals surface area contributed by atoms with Crippen LogP contribution in [0.5, 0.6) is 0 Å². The average molecular weight is 375 g/mol. The first kappa shape index (κ1) is 19.3. The summed E-state index contributed by atoms with van der Waals surface area (Å²) in [5.41, 5.74) is 2.79. The lowest BCUT2D eigenvalue weighted by Crippen LogP contribution is -2.41. The van der Waals surface area contributed by atoms with Crippen molar-refractivity contribution < 1.29 is 19.5 Å². The molecule has 1 fully saturated rings. The van der Waals surface area contributed by atoms with E-state index in [4.69, 9.17) is 5.11 Å². The van der Waals surface area contributed by atoms with Crippen LogP contribution in [-0.4, -0.2) is 40.8 Å². The number of likely N-dealkylation sites (tertiary alicyclic amines) is 1. The summed E-state index contributed by atoms with van der Waals surface area (Å²) >= 11 is 0. The third kappa shape index (κ3) is 5.04. The fraction of sp³-hybridized carbons (Fsp3) is 0.174. The Labute approximate surface area is 163 Å². The lowest BCUT2D eigenvalue weighted by atomic mass is 9.94. The van der Waals surface area contributed by atoms with Gasteiger partial charge < -0.3 is 10.0 Å². The van der Waals surface area contributed by atoms with Gasteiger partial charge in [-0.2, -0.15) is 0 Å². The van der Waals surface area contributed by atoms with Crippen molar-refractivity contribution >= 4 is 29.8 Å². The van der Waals surface area contributed by atoms with Gasteiger partial charge in [-0.1, -0.05) is 60.7 Å². The summed E-state index contributed by atoms with van der Waals surface area (Å²) in [7, 11) is 0. The topological polar surface area (TPSA) is 74.7 Å². The highest BCUT2D eigenvalue weighted by Crippen LogP contribution is 2.23. The van der Waals surface area contributed by atoms with Crippen LogP contribution < -0.4 is 0 Å².